The van der Waals surface area contributed by atoms with Crippen molar-refractivity contribution in [2.24, 2.45) is 5.14 Å². The summed E-state index contributed by atoms with van der Waals surface area (Å²) in [6.07, 6.45) is 2.65. The van der Waals surface area contributed by atoms with Gasteiger partial charge in [-0.25, -0.2) is 18.4 Å². The summed E-state index contributed by atoms with van der Waals surface area (Å²) in [5.74, 6) is -0.859. The Labute approximate surface area is 203 Å². The lowest BCUT2D eigenvalue weighted by atomic mass is 9.99. The Balaban J connectivity index is 1.42. The number of sulfonamides is 1. The molecule has 0 aliphatic heterocycles. The highest BCUT2D eigenvalue weighted by Gasteiger charge is 2.17. The predicted octanol–water partition coefficient (Wildman–Crippen LogP) is 3.51. The Morgan fingerprint density at radius 2 is 1.69 bits per heavy atom. The van der Waals surface area contributed by atoms with E-state index in [1.165, 1.54) is 28.3 Å². The number of nitrogens with one attached hydrogen (secondary N) is 1. The molecule has 0 aliphatic rings. The second kappa shape index (κ2) is 10.7. The predicted molar refractivity (Wildman–Crippen MR) is 133 cm³/mol. The minimum Gasteiger partial charge on any atom is -0.408 e. The minimum absolute atomic E-state index is 0.0630. The number of aryl methyl sites for hydroxylation is 2. The van der Waals surface area contributed by atoms with E-state index < -0.39 is 15.8 Å². The molecule has 4 aromatic rings. The van der Waals surface area contributed by atoms with Gasteiger partial charge in [-0.1, -0.05) is 60.7 Å². The van der Waals surface area contributed by atoms with Crippen molar-refractivity contribution in [3.8, 4) is 0 Å². The fourth-order valence-corrected chi connectivity index (χ4v) is 4.61. The molecule has 1 amide bonds. The number of aromatic nitrogens is 1. The summed E-state index contributed by atoms with van der Waals surface area (Å²) >= 11 is 0. The molecule has 8 nitrogen and oxygen atoms in total. The first-order valence-corrected chi connectivity index (χ1v) is 12.9. The first-order chi connectivity index (χ1) is 16.8. The van der Waals surface area contributed by atoms with E-state index in [0.29, 0.717) is 5.52 Å². The second-order valence-corrected chi connectivity index (χ2v) is 9.91. The summed E-state index contributed by atoms with van der Waals surface area (Å²) in [5, 5.41) is 8.24. The summed E-state index contributed by atoms with van der Waals surface area (Å²) in [5.41, 5.74) is 2.78. The molecule has 0 saturated carbocycles. The molecular weight excluding hydrogens is 466 g/mol. The van der Waals surface area contributed by atoms with Crippen LogP contribution in [0, 0.1) is 0 Å². The monoisotopic (exact) mass is 493 g/mol. The Hall–Kier alpha value is -3.69. The standard InChI is InChI=1S/C26H27N3O5S/c27-35(32,33)21-14-15-23-24(18-21)34-26(31)29(23)17-16-25(30)28-22(20-11-5-2-6-12-20)13-7-10-19-8-3-1-4-9-19/h1-6,8-9,11-12,14-15,18,22H,7,10,13,16-17H2,(H,28,30)(H2,27,32,33). The average Bonchev–Trinajstić information content (AvgIpc) is 3.17. The number of oxazole rings is 1. The third-order valence-corrected chi connectivity index (χ3v) is 6.78. The fourth-order valence-electron chi connectivity index (χ4n) is 4.08. The maximum atomic E-state index is 12.8. The molecule has 0 saturated heterocycles. The minimum atomic E-state index is -3.92. The lowest BCUT2D eigenvalue weighted by molar-refractivity contribution is -0.122. The Bertz CT molecular complexity index is 1460. The van der Waals surface area contributed by atoms with Crippen molar-refractivity contribution in [3.63, 3.8) is 0 Å². The SMILES string of the molecule is NS(=O)(=O)c1ccc2c(c1)oc(=O)n2CCC(=O)NC(CCCc1ccccc1)c1ccccc1. The van der Waals surface area contributed by atoms with Crippen molar-refractivity contribution in [1.82, 2.24) is 9.88 Å². The number of carbonyl (C=O) groups excluding carboxylic acids is 1. The van der Waals surface area contributed by atoms with Crippen LogP contribution in [-0.4, -0.2) is 18.9 Å². The maximum absolute atomic E-state index is 12.8. The third kappa shape index (κ3) is 6.26. The summed E-state index contributed by atoms with van der Waals surface area (Å²) in [6.45, 7) is 0.0952. The van der Waals surface area contributed by atoms with Crippen LogP contribution in [0.1, 0.15) is 36.4 Å². The molecule has 35 heavy (non-hydrogen) atoms. The molecular formula is C26H27N3O5S. The van der Waals surface area contributed by atoms with Gasteiger partial charge in [-0.3, -0.25) is 9.36 Å². The summed E-state index contributed by atoms with van der Waals surface area (Å²) < 4.78 is 29.6. The summed E-state index contributed by atoms with van der Waals surface area (Å²) in [6, 6.07) is 23.8. The largest absolute Gasteiger partial charge is 0.419 e. The van der Waals surface area contributed by atoms with Gasteiger partial charge in [-0.15, -0.1) is 0 Å². The highest BCUT2D eigenvalue weighted by molar-refractivity contribution is 7.89. The number of amides is 1. The number of benzene rings is 3. The van der Waals surface area contributed by atoms with E-state index >= 15 is 0 Å². The average molecular weight is 494 g/mol. The molecule has 9 heteroatoms. The van der Waals surface area contributed by atoms with Crippen molar-refractivity contribution in [2.75, 3.05) is 0 Å². The molecule has 3 N–H and O–H groups in total. The van der Waals surface area contributed by atoms with Gasteiger partial charge in [0.1, 0.15) is 0 Å². The molecule has 0 fully saturated rings. The first-order valence-electron chi connectivity index (χ1n) is 11.4. The molecule has 0 spiro atoms. The van der Waals surface area contributed by atoms with Gasteiger partial charge >= 0.3 is 5.76 Å². The van der Waals surface area contributed by atoms with Crippen LogP contribution in [0.5, 0.6) is 0 Å². The van der Waals surface area contributed by atoms with E-state index in [9.17, 15) is 18.0 Å². The highest BCUT2D eigenvalue weighted by atomic mass is 32.2. The Morgan fingerprint density at radius 1 is 1.00 bits per heavy atom. The highest BCUT2D eigenvalue weighted by Crippen LogP contribution is 2.21. The Kier molecular flexibility index (Phi) is 7.48. The van der Waals surface area contributed by atoms with Crippen LogP contribution in [0.25, 0.3) is 11.1 Å². The fraction of sp³-hybridized carbons (Fsp3) is 0.231. The summed E-state index contributed by atoms with van der Waals surface area (Å²) in [4.78, 5) is 25.0. The van der Waals surface area contributed by atoms with Gasteiger partial charge in [-0.05, 0) is 42.5 Å². The lowest BCUT2D eigenvalue weighted by Crippen LogP contribution is -2.30. The zero-order chi connectivity index (χ0) is 24.8. The maximum Gasteiger partial charge on any atom is 0.419 e. The molecule has 0 aliphatic carbocycles. The number of hydrogen-bond donors (Lipinski definition) is 2. The quantitative estimate of drug-likeness (QED) is 0.350. The van der Waals surface area contributed by atoms with Crippen LogP contribution in [0.15, 0.2) is 93.0 Å². The van der Waals surface area contributed by atoms with E-state index in [4.69, 9.17) is 9.56 Å². The van der Waals surface area contributed by atoms with Gasteiger partial charge in [0.15, 0.2) is 5.58 Å². The molecule has 0 radical (unpaired) electrons. The molecule has 1 atom stereocenters. The van der Waals surface area contributed by atoms with Gasteiger partial charge < -0.3 is 9.73 Å². The van der Waals surface area contributed by atoms with E-state index in [1.807, 2.05) is 48.5 Å². The van der Waals surface area contributed by atoms with Gasteiger partial charge in [0, 0.05) is 19.0 Å². The van der Waals surface area contributed by atoms with E-state index in [1.54, 1.807) is 0 Å². The molecule has 1 unspecified atom stereocenters. The first kappa shape index (κ1) is 24.4. The van der Waals surface area contributed by atoms with Crippen LogP contribution < -0.4 is 16.2 Å². The van der Waals surface area contributed by atoms with Crippen LogP contribution in [-0.2, 0) is 27.8 Å². The van der Waals surface area contributed by atoms with Gasteiger partial charge in [0.2, 0.25) is 15.9 Å². The lowest BCUT2D eigenvalue weighted by Gasteiger charge is -2.19. The molecule has 182 valence electrons. The number of primary sulfonamides is 1. The van der Waals surface area contributed by atoms with Crippen LogP contribution in [0.3, 0.4) is 0 Å². The topological polar surface area (TPSA) is 124 Å². The van der Waals surface area contributed by atoms with Crippen molar-refractivity contribution >= 4 is 27.0 Å². The Morgan fingerprint density at radius 3 is 2.37 bits per heavy atom. The number of hydrogen-bond acceptors (Lipinski definition) is 5. The number of fused-ring (bicyclic) bond motifs is 1. The van der Waals surface area contributed by atoms with Crippen molar-refractivity contribution in [1.29, 1.82) is 0 Å². The number of carbonyl (C=O) groups is 1. The van der Waals surface area contributed by atoms with E-state index in [2.05, 4.69) is 17.4 Å². The molecule has 1 aromatic heterocycles. The smallest absolute Gasteiger partial charge is 0.408 e. The van der Waals surface area contributed by atoms with Crippen LogP contribution >= 0.6 is 0 Å². The molecule has 4 rings (SSSR count). The van der Waals surface area contributed by atoms with Gasteiger partial charge in [-0.2, -0.15) is 0 Å². The second-order valence-electron chi connectivity index (χ2n) is 8.35. The van der Waals surface area contributed by atoms with Crippen LogP contribution in [0.2, 0.25) is 0 Å². The van der Waals surface area contributed by atoms with Crippen LogP contribution in [0.4, 0.5) is 0 Å². The molecule has 3 aromatic carbocycles. The summed E-state index contributed by atoms with van der Waals surface area (Å²) in [7, 11) is -3.92. The zero-order valence-corrected chi connectivity index (χ0v) is 19.9. The third-order valence-electron chi connectivity index (χ3n) is 5.87. The molecule has 1 heterocycles. The van der Waals surface area contributed by atoms with Gasteiger partial charge in [0.25, 0.3) is 0 Å². The normalized spacial score (nSPS) is 12.5. The van der Waals surface area contributed by atoms with Crippen molar-refractivity contribution in [2.45, 2.75) is 43.2 Å². The van der Waals surface area contributed by atoms with Crippen molar-refractivity contribution < 1.29 is 17.6 Å². The number of rotatable bonds is 10. The number of nitrogens with two attached hydrogens (primary N) is 1. The van der Waals surface area contributed by atoms with Gasteiger partial charge in [0.05, 0.1) is 16.5 Å². The van der Waals surface area contributed by atoms with E-state index in [0.717, 1.165) is 24.8 Å². The molecule has 0 bridgehead atoms. The van der Waals surface area contributed by atoms with Crippen molar-refractivity contribution in [3.05, 3.63) is 101 Å². The zero-order valence-electron chi connectivity index (χ0n) is 19.1. The van der Waals surface area contributed by atoms with E-state index in [-0.39, 0.29) is 35.4 Å². The number of nitrogens with zero attached hydrogens (tertiary/aromatic N) is 1.